The number of hydrogen-bond acceptors (Lipinski definition) is 3. The van der Waals surface area contributed by atoms with E-state index < -0.39 is 5.97 Å². The molecule has 0 spiro atoms. The fraction of sp³-hybridized carbons (Fsp3) is 0.875. The van der Waals surface area contributed by atoms with Crippen LogP contribution in [-0.2, 0) is 14.4 Å². The molecule has 30 heavy (non-hydrogen) atoms. The Labute approximate surface area is 184 Å². The smallest absolute Gasteiger partial charge is 0.303 e. The monoisotopic (exact) mass is 426 g/mol. The van der Waals surface area contributed by atoms with Crippen molar-refractivity contribution < 1.29 is 19.5 Å². The van der Waals surface area contributed by atoms with Crippen LogP contribution in [-0.4, -0.2) is 35.5 Å². The van der Waals surface area contributed by atoms with Gasteiger partial charge in [-0.25, -0.2) is 0 Å². The maximum atomic E-state index is 11.8. The Hall–Kier alpha value is -1.59. The first kappa shape index (κ1) is 28.4. The zero-order chi connectivity index (χ0) is 22.5. The van der Waals surface area contributed by atoms with Gasteiger partial charge in [-0.2, -0.15) is 0 Å². The van der Waals surface area contributed by atoms with E-state index in [4.69, 9.17) is 5.11 Å². The Kier molecular flexibility index (Phi) is 19.6. The Morgan fingerprint density at radius 3 is 1.63 bits per heavy atom. The molecule has 0 rings (SSSR count). The van der Waals surface area contributed by atoms with Crippen LogP contribution in [0.25, 0.3) is 0 Å². The molecular formula is C24H46N2O4. The predicted molar refractivity (Wildman–Crippen MR) is 122 cm³/mol. The number of carbonyl (C=O) groups is 3. The zero-order valence-electron chi connectivity index (χ0n) is 19.5. The summed E-state index contributed by atoms with van der Waals surface area (Å²) >= 11 is 0. The van der Waals surface area contributed by atoms with Crippen LogP contribution in [0.15, 0.2) is 0 Å². The second-order valence-electron chi connectivity index (χ2n) is 8.58. The average Bonchev–Trinajstić information content (AvgIpc) is 2.67. The Bertz CT molecular complexity index is 454. The van der Waals surface area contributed by atoms with Crippen LogP contribution < -0.4 is 10.6 Å². The molecule has 0 saturated heterocycles. The molecular weight excluding hydrogens is 380 g/mol. The van der Waals surface area contributed by atoms with Crippen molar-refractivity contribution in [3.8, 4) is 0 Å². The van der Waals surface area contributed by atoms with E-state index in [0.717, 1.165) is 57.9 Å². The molecule has 0 heterocycles. The molecule has 3 N–H and O–H groups in total. The van der Waals surface area contributed by atoms with E-state index in [0.29, 0.717) is 12.8 Å². The molecule has 0 aliphatic carbocycles. The molecule has 0 radical (unpaired) electrons. The summed E-state index contributed by atoms with van der Waals surface area (Å²) in [5, 5.41) is 14.4. The summed E-state index contributed by atoms with van der Waals surface area (Å²) in [7, 11) is 0. The Morgan fingerprint density at radius 1 is 0.700 bits per heavy atom. The third-order valence-corrected chi connectivity index (χ3v) is 5.38. The summed E-state index contributed by atoms with van der Waals surface area (Å²) in [5.74, 6) is -0.511. The molecule has 0 bridgehead atoms. The maximum absolute atomic E-state index is 11.8. The molecule has 0 aliphatic heterocycles. The Balaban J connectivity index is 3.24. The summed E-state index contributed by atoms with van der Waals surface area (Å²) in [4.78, 5) is 33.2. The van der Waals surface area contributed by atoms with Gasteiger partial charge >= 0.3 is 5.97 Å². The molecule has 0 aromatic rings. The van der Waals surface area contributed by atoms with E-state index in [1.807, 2.05) is 6.92 Å². The van der Waals surface area contributed by atoms with Gasteiger partial charge in [-0.1, -0.05) is 64.2 Å². The van der Waals surface area contributed by atoms with Gasteiger partial charge in [0, 0.05) is 32.4 Å². The molecule has 0 unspecified atom stereocenters. The van der Waals surface area contributed by atoms with Crippen LogP contribution in [0.4, 0.5) is 0 Å². The van der Waals surface area contributed by atoms with Crippen LogP contribution in [0, 0.1) is 0 Å². The molecule has 176 valence electrons. The summed E-state index contributed by atoms with van der Waals surface area (Å²) in [6, 6.07) is 0.202. The lowest BCUT2D eigenvalue weighted by Gasteiger charge is -2.12. The Morgan fingerprint density at radius 2 is 1.17 bits per heavy atom. The average molecular weight is 427 g/mol. The van der Waals surface area contributed by atoms with Gasteiger partial charge in [-0.05, 0) is 39.0 Å². The highest BCUT2D eigenvalue weighted by Crippen LogP contribution is 2.13. The molecule has 0 aromatic heterocycles. The van der Waals surface area contributed by atoms with Crippen LogP contribution in [0.1, 0.15) is 123 Å². The topological polar surface area (TPSA) is 95.5 Å². The normalized spacial score (nSPS) is 11.8. The van der Waals surface area contributed by atoms with Gasteiger partial charge < -0.3 is 15.7 Å². The molecule has 6 nitrogen and oxygen atoms in total. The van der Waals surface area contributed by atoms with Gasteiger partial charge in [-0.15, -0.1) is 0 Å². The number of hydrogen-bond donors (Lipinski definition) is 3. The summed E-state index contributed by atoms with van der Waals surface area (Å²) in [6.45, 7) is 4.27. The van der Waals surface area contributed by atoms with Crippen LogP contribution in [0.2, 0.25) is 0 Å². The molecule has 6 heteroatoms. The van der Waals surface area contributed by atoms with Crippen molar-refractivity contribution in [2.45, 2.75) is 129 Å². The van der Waals surface area contributed by atoms with Crippen molar-refractivity contribution >= 4 is 17.8 Å². The second-order valence-corrected chi connectivity index (χ2v) is 8.58. The number of carboxylic acid groups (broad SMARTS) is 1. The third-order valence-electron chi connectivity index (χ3n) is 5.38. The third kappa shape index (κ3) is 22.7. The van der Waals surface area contributed by atoms with Crippen molar-refractivity contribution in [2.24, 2.45) is 0 Å². The highest BCUT2D eigenvalue weighted by Gasteiger charge is 2.04. The largest absolute Gasteiger partial charge is 0.481 e. The minimum absolute atomic E-state index is 0.0116. The lowest BCUT2D eigenvalue weighted by atomic mass is 10.0. The minimum Gasteiger partial charge on any atom is -0.481 e. The molecule has 0 aliphatic rings. The number of aliphatic carboxylic acids is 1. The summed E-state index contributed by atoms with van der Waals surface area (Å²) in [5.41, 5.74) is 0. The van der Waals surface area contributed by atoms with Gasteiger partial charge in [0.25, 0.3) is 0 Å². The van der Waals surface area contributed by atoms with Crippen molar-refractivity contribution in [1.29, 1.82) is 0 Å². The number of carbonyl (C=O) groups excluding carboxylic acids is 2. The fourth-order valence-electron chi connectivity index (χ4n) is 3.64. The number of rotatable bonds is 21. The van der Waals surface area contributed by atoms with E-state index in [2.05, 4.69) is 10.6 Å². The van der Waals surface area contributed by atoms with Gasteiger partial charge in [0.1, 0.15) is 0 Å². The van der Waals surface area contributed by atoms with Crippen molar-refractivity contribution in [3.05, 3.63) is 0 Å². The highest BCUT2D eigenvalue weighted by molar-refractivity contribution is 5.75. The summed E-state index contributed by atoms with van der Waals surface area (Å²) in [6.07, 6.45) is 17.8. The summed E-state index contributed by atoms with van der Waals surface area (Å²) < 4.78 is 0. The quantitative estimate of drug-likeness (QED) is 0.216. The lowest BCUT2D eigenvalue weighted by Crippen LogP contribution is -2.30. The number of amides is 2. The van der Waals surface area contributed by atoms with Crippen LogP contribution >= 0.6 is 0 Å². The minimum atomic E-state index is -0.683. The maximum Gasteiger partial charge on any atom is 0.303 e. The SMILES string of the molecule is CC(=O)N[C@H](C)CCCCNC(=O)CCCCCCCCCCCCCCC(=O)O. The molecule has 1 atom stereocenters. The standard InChI is InChI=1S/C24H46N2O4/c1-21(26-22(2)27)17-15-16-20-25-23(28)18-13-11-9-7-5-3-4-6-8-10-12-14-19-24(29)30/h21H,3-20H2,1-2H3,(H,25,28)(H,26,27)(H,29,30)/t21-/m1/s1. The number of unbranched alkanes of at least 4 members (excludes halogenated alkanes) is 12. The van der Waals surface area contributed by atoms with Crippen LogP contribution in [0.3, 0.4) is 0 Å². The molecule has 0 aromatic carbocycles. The van der Waals surface area contributed by atoms with E-state index in [1.165, 1.54) is 51.9 Å². The van der Waals surface area contributed by atoms with Crippen molar-refractivity contribution in [2.75, 3.05) is 6.54 Å². The number of nitrogens with one attached hydrogen (secondary N) is 2. The van der Waals surface area contributed by atoms with Crippen LogP contribution in [0.5, 0.6) is 0 Å². The van der Waals surface area contributed by atoms with E-state index in [9.17, 15) is 14.4 Å². The lowest BCUT2D eigenvalue weighted by molar-refractivity contribution is -0.137. The highest BCUT2D eigenvalue weighted by atomic mass is 16.4. The van der Waals surface area contributed by atoms with Gasteiger partial charge in [0.05, 0.1) is 0 Å². The van der Waals surface area contributed by atoms with E-state index >= 15 is 0 Å². The first-order chi connectivity index (χ1) is 14.4. The molecule has 0 saturated carbocycles. The molecule has 2 amide bonds. The van der Waals surface area contributed by atoms with Crippen molar-refractivity contribution in [3.63, 3.8) is 0 Å². The predicted octanol–water partition coefficient (Wildman–Crippen LogP) is 5.34. The second kappa shape index (κ2) is 20.7. The van der Waals surface area contributed by atoms with E-state index in [1.54, 1.807) is 0 Å². The fourth-order valence-corrected chi connectivity index (χ4v) is 3.64. The first-order valence-corrected chi connectivity index (χ1v) is 12.2. The van der Waals surface area contributed by atoms with Gasteiger partial charge in [-0.3, -0.25) is 14.4 Å². The number of carboxylic acids is 1. The molecule has 0 fully saturated rings. The van der Waals surface area contributed by atoms with Gasteiger partial charge in [0.15, 0.2) is 0 Å². The zero-order valence-corrected chi connectivity index (χ0v) is 19.5. The first-order valence-electron chi connectivity index (χ1n) is 12.2. The van der Waals surface area contributed by atoms with E-state index in [-0.39, 0.29) is 17.9 Å². The van der Waals surface area contributed by atoms with Gasteiger partial charge in [0.2, 0.25) is 11.8 Å². The van der Waals surface area contributed by atoms with Crippen molar-refractivity contribution in [1.82, 2.24) is 10.6 Å².